The highest BCUT2D eigenvalue weighted by atomic mass is 16.3. The monoisotopic (exact) mass is 350 g/mol. The van der Waals surface area contributed by atoms with Gasteiger partial charge in [-0.2, -0.15) is 5.10 Å². The minimum atomic E-state index is -0.0871. The number of nitrogens with zero attached hydrogens (tertiary/aromatic N) is 2. The predicted octanol–water partition coefficient (Wildman–Crippen LogP) is 3.18. The Morgan fingerprint density at radius 3 is 2.81 bits per heavy atom. The van der Waals surface area contributed by atoms with Crippen molar-refractivity contribution in [2.45, 2.75) is 43.8 Å². The van der Waals surface area contributed by atoms with E-state index in [9.17, 15) is 4.79 Å². The third-order valence-electron chi connectivity index (χ3n) is 6.02. The molecule has 2 bridgehead atoms. The van der Waals surface area contributed by atoms with Crippen LogP contribution in [0.4, 0.5) is 0 Å². The number of benzene rings is 1. The van der Waals surface area contributed by atoms with Gasteiger partial charge in [0.15, 0.2) is 5.69 Å². The number of furan rings is 1. The maximum atomic E-state index is 12.8. The number of nitrogens with one attached hydrogen (secondary N) is 2. The lowest BCUT2D eigenvalue weighted by Crippen LogP contribution is -2.48. The molecule has 0 radical (unpaired) electrons. The first-order valence-corrected chi connectivity index (χ1v) is 9.24. The van der Waals surface area contributed by atoms with Crippen molar-refractivity contribution in [3.63, 3.8) is 0 Å². The highest BCUT2D eigenvalue weighted by Crippen LogP contribution is 2.34. The summed E-state index contributed by atoms with van der Waals surface area (Å²) >= 11 is 0. The third-order valence-corrected chi connectivity index (χ3v) is 6.02. The van der Waals surface area contributed by atoms with E-state index in [4.69, 9.17) is 4.42 Å². The number of amides is 1. The Balaban J connectivity index is 1.36. The average Bonchev–Trinajstić information content (AvgIpc) is 3.34. The number of rotatable bonds is 3. The van der Waals surface area contributed by atoms with Crippen LogP contribution in [-0.4, -0.2) is 46.2 Å². The van der Waals surface area contributed by atoms with Crippen LogP contribution in [0.1, 0.15) is 36.2 Å². The predicted molar refractivity (Wildman–Crippen MR) is 98.9 cm³/mol. The van der Waals surface area contributed by atoms with E-state index >= 15 is 0 Å². The summed E-state index contributed by atoms with van der Waals surface area (Å²) in [4.78, 5) is 15.3. The van der Waals surface area contributed by atoms with Crippen molar-refractivity contribution >= 4 is 16.8 Å². The number of hydrogen-bond acceptors (Lipinski definition) is 4. The van der Waals surface area contributed by atoms with Crippen molar-refractivity contribution in [2.24, 2.45) is 0 Å². The molecule has 1 aromatic carbocycles. The molecule has 0 aliphatic carbocycles. The van der Waals surface area contributed by atoms with Crippen LogP contribution >= 0.6 is 0 Å². The lowest BCUT2D eigenvalue weighted by atomic mass is 9.98. The quantitative estimate of drug-likeness (QED) is 0.761. The van der Waals surface area contributed by atoms with Crippen LogP contribution in [-0.2, 0) is 0 Å². The van der Waals surface area contributed by atoms with Gasteiger partial charge in [0, 0.05) is 29.1 Å². The van der Waals surface area contributed by atoms with Gasteiger partial charge in [-0.1, -0.05) is 6.07 Å². The molecular weight excluding hydrogens is 328 g/mol. The topological polar surface area (TPSA) is 74.2 Å². The summed E-state index contributed by atoms with van der Waals surface area (Å²) in [6.45, 7) is 0. The Morgan fingerprint density at radius 1 is 1.27 bits per heavy atom. The molecule has 0 saturated carbocycles. The van der Waals surface area contributed by atoms with Crippen molar-refractivity contribution < 1.29 is 9.21 Å². The van der Waals surface area contributed by atoms with Crippen LogP contribution < -0.4 is 5.32 Å². The maximum absolute atomic E-state index is 12.8. The van der Waals surface area contributed by atoms with Crippen LogP contribution in [0.25, 0.3) is 22.2 Å². The van der Waals surface area contributed by atoms with E-state index in [1.165, 1.54) is 12.8 Å². The van der Waals surface area contributed by atoms with Gasteiger partial charge in [-0.3, -0.25) is 9.89 Å². The summed E-state index contributed by atoms with van der Waals surface area (Å²) in [5, 5.41) is 11.3. The van der Waals surface area contributed by atoms with Gasteiger partial charge in [-0.25, -0.2) is 0 Å². The number of H-pyrrole nitrogens is 1. The van der Waals surface area contributed by atoms with E-state index in [0.717, 1.165) is 35.1 Å². The molecular formula is C20H22N4O2. The van der Waals surface area contributed by atoms with Gasteiger partial charge in [0.1, 0.15) is 5.76 Å². The minimum absolute atomic E-state index is 0.0871. The van der Waals surface area contributed by atoms with E-state index < -0.39 is 0 Å². The van der Waals surface area contributed by atoms with Gasteiger partial charge in [0.05, 0.1) is 11.8 Å². The Kier molecular flexibility index (Phi) is 3.60. The van der Waals surface area contributed by atoms with Crippen LogP contribution in [0, 0.1) is 0 Å². The molecule has 1 amide bonds. The number of aromatic nitrogens is 2. The molecule has 3 aromatic rings. The molecule has 134 valence electrons. The molecule has 5 rings (SSSR count). The Hall–Kier alpha value is -2.60. The minimum Gasteiger partial charge on any atom is -0.464 e. The Morgan fingerprint density at radius 2 is 2.08 bits per heavy atom. The summed E-state index contributed by atoms with van der Waals surface area (Å²) in [5.74, 6) is 0.713. The zero-order valence-electron chi connectivity index (χ0n) is 14.7. The van der Waals surface area contributed by atoms with Gasteiger partial charge in [-0.05, 0) is 57.0 Å². The van der Waals surface area contributed by atoms with Gasteiger partial charge in [-0.15, -0.1) is 0 Å². The number of carbonyl (C=O) groups is 1. The van der Waals surface area contributed by atoms with Crippen molar-refractivity contribution in [1.82, 2.24) is 20.4 Å². The molecule has 2 aliphatic rings. The SMILES string of the molecule is CN1C2CCC1CC(NC(=O)c1n[nH]c3cc(-c4ccco4)ccc13)C2. The first kappa shape index (κ1) is 15.6. The maximum Gasteiger partial charge on any atom is 0.272 e. The van der Waals surface area contributed by atoms with Crippen molar-refractivity contribution in [3.8, 4) is 11.3 Å². The van der Waals surface area contributed by atoms with Gasteiger partial charge >= 0.3 is 0 Å². The highest BCUT2D eigenvalue weighted by Gasteiger charge is 2.39. The molecule has 2 aromatic heterocycles. The second-order valence-electron chi connectivity index (χ2n) is 7.50. The molecule has 2 fully saturated rings. The van der Waals surface area contributed by atoms with Gasteiger partial charge in [0.25, 0.3) is 5.91 Å². The lowest BCUT2D eigenvalue weighted by Gasteiger charge is -2.36. The zero-order valence-corrected chi connectivity index (χ0v) is 14.7. The number of hydrogen-bond donors (Lipinski definition) is 2. The van der Waals surface area contributed by atoms with Crippen molar-refractivity contribution in [3.05, 3.63) is 42.3 Å². The van der Waals surface area contributed by atoms with Gasteiger partial charge in [0.2, 0.25) is 0 Å². The molecule has 4 heterocycles. The van der Waals surface area contributed by atoms with Crippen LogP contribution in [0.3, 0.4) is 0 Å². The molecule has 26 heavy (non-hydrogen) atoms. The van der Waals surface area contributed by atoms with Crippen LogP contribution in [0.5, 0.6) is 0 Å². The van der Waals surface area contributed by atoms with E-state index in [-0.39, 0.29) is 11.9 Å². The van der Waals surface area contributed by atoms with Gasteiger partial charge < -0.3 is 14.6 Å². The summed E-state index contributed by atoms with van der Waals surface area (Å²) < 4.78 is 5.44. The average molecular weight is 350 g/mol. The fraction of sp³-hybridized carbons (Fsp3) is 0.400. The molecule has 2 aliphatic heterocycles. The summed E-state index contributed by atoms with van der Waals surface area (Å²) in [6, 6.07) is 11.1. The largest absolute Gasteiger partial charge is 0.464 e. The molecule has 2 saturated heterocycles. The van der Waals surface area contributed by atoms with E-state index in [2.05, 4.69) is 27.5 Å². The number of piperidine rings is 1. The molecule has 6 heteroatoms. The number of carbonyl (C=O) groups excluding carboxylic acids is 1. The number of fused-ring (bicyclic) bond motifs is 3. The van der Waals surface area contributed by atoms with Crippen molar-refractivity contribution in [1.29, 1.82) is 0 Å². The second kappa shape index (κ2) is 5.99. The molecule has 2 atom stereocenters. The smallest absolute Gasteiger partial charge is 0.272 e. The lowest BCUT2D eigenvalue weighted by molar-refractivity contribution is 0.0879. The van der Waals surface area contributed by atoms with E-state index in [0.29, 0.717) is 17.8 Å². The number of aromatic amines is 1. The zero-order chi connectivity index (χ0) is 17.7. The van der Waals surface area contributed by atoms with E-state index in [1.54, 1.807) is 6.26 Å². The summed E-state index contributed by atoms with van der Waals surface area (Å²) in [7, 11) is 2.21. The first-order valence-electron chi connectivity index (χ1n) is 9.24. The second-order valence-corrected chi connectivity index (χ2v) is 7.50. The Labute approximate surface area is 151 Å². The van der Waals surface area contributed by atoms with Crippen molar-refractivity contribution in [2.75, 3.05) is 7.05 Å². The first-order chi connectivity index (χ1) is 12.7. The molecule has 2 N–H and O–H groups in total. The standard InChI is InChI=1S/C20H22N4O2/c1-24-14-5-6-15(24)11-13(10-14)21-20(25)19-16-7-4-12(9-17(16)22-23-19)18-3-2-8-26-18/h2-4,7-9,13-15H,5-6,10-11H2,1H3,(H,21,25)(H,22,23). The summed E-state index contributed by atoms with van der Waals surface area (Å²) in [5.41, 5.74) is 2.27. The fourth-order valence-corrected chi connectivity index (χ4v) is 4.57. The highest BCUT2D eigenvalue weighted by molar-refractivity contribution is 6.05. The Bertz CT molecular complexity index is 932. The molecule has 6 nitrogen and oxygen atoms in total. The molecule has 0 spiro atoms. The normalized spacial score (nSPS) is 25.7. The van der Waals surface area contributed by atoms with Crippen LogP contribution in [0.2, 0.25) is 0 Å². The summed E-state index contributed by atoms with van der Waals surface area (Å²) in [6.07, 6.45) is 6.20. The molecule has 2 unspecified atom stereocenters. The van der Waals surface area contributed by atoms with Crippen LogP contribution in [0.15, 0.2) is 41.0 Å². The fourth-order valence-electron chi connectivity index (χ4n) is 4.57. The third kappa shape index (κ3) is 2.52. The van der Waals surface area contributed by atoms with E-state index in [1.807, 2.05) is 30.3 Å².